The number of aromatic nitrogens is 1. The van der Waals surface area contributed by atoms with Gasteiger partial charge in [-0.3, -0.25) is 14.6 Å². The maximum Gasteiger partial charge on any atom is 0.295 e. The third-order valence-corrected chi connectivity index (χ3v) is 6.86. The van der Waals surface area contributed by atoms with E-state index >= 15 is 0 Å². The summed E-state index contributed by atoms with van der Waals surface area (Å²) in [5.41, 5.74) is 3.90. The lowest BCUT2D eigenvalue weighted by atomic mass is 9.85. The minimum Gasteiger partial charge on any atom is -0.507 e. The average molecular weight is 499 g/mol. The number of pyridine rings is 1. The first-order valence-corrected chi connectivity index (χ1v) is 12.5. The molecule has 1 unspecified atom stereocenters. The Morgan fingerprint density at radius 1 is 1.08 bits per heavy atom. The van der Waals surface area contributed by atoms with Crippen molar-refractivity contribution >= 4 is 17.4 Å². The molecule has 0 saturated carbocycles. The first-order chi connectivity index (χ1) is 17.5. The molecule has 192 valence electrons. The Morgan fingerprint density at radius 3 is 2.35 bits per heavy atom. The molecule has 1 aliphatic rings. The minimum absolute atomic E-state index is 0.0514. The minimum atomic E-state index is -0.760. The van der Waals surface area contributed by atoms with E-state index in [0.717, 1.165) is 22.3 Å². The van der Waals surface area contributed by atoms with Crippen LogP contribution in [-0.4, -0.2) is 33.8 Å². The van der Waals surface area contributed by atoms with Gasteiger partial charge in [0.1, 0.15) is 11.5 Å². The van der Waals surface area contributed by atoms with Crippen molar-refractivity contribution < 1.29 is 19.4 Å². The van der Waals surface area contributed by atoms with Crippen LogP contribution in [0.15, 0.2) is 72.6 Å². The van der Waals surface area contributed by atoms with E-state index in [9.17, 15) is 14.7 Å². The number of carbonyl (C=O) groups excluding carboxylic acids is 2. The van der Waals surface area contributed by atoms with Crippen molar-refractivity contribution in [1.82, 2.24) is 9.88 Å². The fourth-order valence-electron chi connectivity index (χ4n) is 4.65. The number of likely N-dealkylation sites (tertiary alicyclic amines) is 1. The number of rotatable bonds is 6. The normalized spacial score (nSPS) is 17.5. The van der Waals surface area contributed by atoms with Crippen molar-refractivity contribution in [2.75, 3.05) is 7.11 Å². The maximum absolute atomic E-state index is 13.5. The van der Waals surface area contributed by atoms with Gasteiger partial charge in [-0.15, -0.1) is 0 Å². The van der Waals surface area contributed by atoms with E-state index in [1.54, 1.807) is 24.5 Å². The van der Waals surface area contributed by atoms with E-state index < -0.39 is 17.7 Å². The summed E-state index contributed by atoms with van der Waals surface area (Å²) in [7, 11) is 1.52. The SMILES string of the molecule is COc1ccc(C(C)(C)C)cc1/C(O)=C1\C(=O)C(=O)N(Cc2cccnc2)C1c1ccc(C(C)C)cc1. The molecule has 6 heteroatoms. The molecule has 0 bridgehead atoms. The Hall–Kier alpha value is -3.93. The molecule has 2 aromatic carbocycles. The molecule has 1 aromatic heterocycles. The summed E-state index contributed by atoms with van der Waals surface area (Å²) >= 11 is 0. The number of ketones is 1. The van der Waals surface area contributed by atoms with Gasteiger partial charge in [0.2, 0.25) is 0 Å². The smallest absolute Gasteiger partial charge is 0.295 e. The van der Waals surface area contributed by atoms with Gasteiger partial charge in [0, 0.05) is 18.9 Å². The molecule has 1 atom stereocenters. The molecule has 2 heterocycles. The van der Waals surface area contributed by atoms with Gasteiger partial charge in [-0.1, -0.05) is 71.0 Å². The predicted octanol–water partition coefficient (Wildman–Crippen LogP) is 6.13. The van der Waals surface area contributed by atoms with Gasteiger partial charge >= 0.3 is 0 Å². The van der Waals surface area contributed by atoms with Gasteiger partial charge < -0.3 is 14.7 Å². The number of carbonyl (C=O) groups is 2. The van der Waals surface area contributed by atoms with Crippen LogP contribution in [0.5, 0.6) is 5.75 Å². The van der Waals surface area contributed by atoms with Crippen molar-refractivity contribution in [3.8, 4) is 5.75 Å². The molecular weight excluding hydrogens is 464 g/mol. The van der Waals surface area contributed by atoms with Crippen LogP contribution in [-0.2, 0) is 21.5 Å². The van der Waals surface area contributed by atoms with Crippen molar-refractivity contribution in [3.05, 3.63) is 100 Å². The Labute approximate surface area is 218 Å². The number of aliphatic hydroxyl groups is 1. The molecule has 1 N–H and O–H groups in total. The zero-order valence-electron chi connectivity index (χ0n) is 22.3. The standard InChI is InChI=1S/C31H34N2O4/c1-19(2)21-9-11-22(12-10-21)27-26(29(35)30(36)33(27)18-20-8-7-15-32-17-20)28(34)24-16-23(31(3,4)5)13-14-25(24)37-6/h7-17,19,27,34H,18H2,1-6H3/b28-26+. The second kappa shape index (κ2) is 10.2. The number of Topliss-reactive ketones (excluding diaryl/α,β-unsaturated/α-hetero) is 1. The molecule has 0 spiro atoms. The molecule has 6 nitrogen and oxygen atoms in total. The summed E-state index contributed by atoms with van der Waals surface area (Å²) in [6.45, 7) is 10.6. The lowest BCUT2D eigenvalue weighted by Crippen LogP contribution is -2.29. The van der Waals surface area contributed by atoms with E-state index in [-0.39, 0.29) is 23.3 Å². The average Bonchev–Trinajstić information content (AvgIpc) is 3.13. The van der Waals surface area contributed by atoms with Gasteiger partial charge in [0.25, 0.3) is 11.7 Å². The number of aliphatic hydroxyl groups excluding tert-OH is 1. The number of methoxy groups -OCH3 is 1. The van der Waals surface area contributed by atoms with Gasteiger partial charge in [0.05, 0.1) is 24.3 Å². The van der Waals surface area contributed by atoms with Crippen LogP contribution in [0.2, 0.25) is 0 Å². The third-order valence-electron chi connectivity index (χ3n) is 6.86. The van der Waals surface area contributed by atoms with Crippen LogP contribution in [0.1, 0.15) is 74.4 Å². The van der Waals surface area contributed by atoms with Crippen LogP contribution in [0.3, 0.4) is 0 Å². The molecular formula is C31H34N2O4. The molecule has 37 heavy (non-hydrogen) atoms. The highest BCUT2D eigenvalue weighted by atomic mass is 16.5. The van der Waals surface area contributed by atoms with Crippen molar-refractivity contribution in [2.45, 2.75) is 58.5 Å². The first kappa shape index (κ1) is 26.1. The third kappa shape index (κ3) is 5.15. The van der Waals surface area contributed by atoms with Gasteiger partial charge in [-0.05, 0) is 51.8 Å². The van der Waals surface area contributed by atoms with Crippen LogP contribution in [0, 0.1) is 0 Å². The number of hydrogen-bond acceptors (Lipinski definition) is 5. The molecule has 3 aromatic rings. The highest BCUT2D eigenvalue weighted by Crippen LogP contribution is 2.42. The van der Waals surface area contributed by atoms with E-state index in [2.05, 4.69) is 39.6 Å². The summed E-state index contributed by atoms with van der Waals surface area (Å²) in [5, 5.41) is 11.7. The zero-order chi connectivity index (χ0) is 26.9. The summed E-state index contributed by atoms with van der Waals surface area (Å²) in [6.07, 6.45) is 3.34. The summed E-state index contributed by atoms with van der Waals surface area (Å²) < 4.78 is 5.55. The Kier molecular flexibility index (Phi) is 7.21. The molecule has 1 fully saturated rings. The fourth-order valence-corrected chi connectivity index (χ4v) is 4.65. The molecule has 4 rings (SSSR count). The largest absolute Gasteiger partial charge is 0.507 e. The van der Waals surface area contributed by atoms with E-state index in [1.165, 1.54) is 12.0 Å². The quantitative estimate of drug-likeness (QED) is 0.251. The lowest BCUT2D eigenvalue weighted by molar-refractivity contribution is -0.140. The monoisotopic (exact) mass is 498 g/mol. The molecule has 0 radical (unpaired) electrons. The second-order valence-electron chi connectivity index (χ2n) is 10.8. The van der Waals surface area contributed by atoms with Crippen LogP contribution < -0.4 is 4.74 Å². The van der Waals surface area contributed by atoms with Crippen molar-refractivity contribution in [2.24, 2.45) is 0 Å². The number of amides is 1. The molecule has 0 aliphatic carbocycles. The number of ether oxygens (including phenoxy) is 1. The Balaban J connectivity index is 1.92. The number of nitrogens with zero attached hydrogens (tertiary/aromatic N) is 2. The predicted molar refractivity (Wildman–Crippen MR) is 144 cm³/mol. The molecule has 1 amide bonds. The highest BCUT2D eigenvalue weighted by molar-refractivity contribution is 6.46. The van der Waals surface area contributed by atoms with Crippen molar-refractivity contribution in [3.63, 3.8) is 0 Å². The fraction of sp³-hybridized carbons (Fsp3) is 0.323. The number of hydrogen-bond donors (Lipinski definition) is 1. The summed E-state index contributed by atoms with van der Waals surface area (Å²) in [5.74, 6) is -0.859. The molecule has 1 saturated heterocycles. The first-order valence-electron chi connectivity index (χ1n) is 12.5. The van der Waals surface area contributed by atoms with Crippen molar-refractivity contribution in [1.29, 1.82) is 0 Å². The van der Waals surface area contributed by atoms with E-state index in [1.807, 2.05) is 42.5 Å². The van der Waals surface area contributed by atoms with E-state index in [0.29, 0.717) is 17.2 Å². The van der Waals surface area contributed by atoms with Crippen LogP contribution >= 0.6 is 0 Å². The number of benzene rings is 2. The summed E-state index contributed by atoms with van der Waals surface area (Å²) in [6, 6.07) is 16.3. The topological polar surface area (TPSA) is 79.7 Å². The Bertz CT molecular complexity index is 1340. The maximum atomic E-state index is 13.5. The van der Waals surface area contributed by atoms with Gasteiger partial charge in [-0.25, -0.2) is 0 Å². The van der Waals surface area contributed by atoms with Gasteiger partial charge in [-0.2, -0.15) is 0 Å². The lowest BCUT2D eigenvalue weighted by Gasteiger charge is -2.26. The second-order valence-corrected chi connectivity index (χ2v) is 10.8. The Morgan fingerprint density at radius 2 is 1.78 bits per heavy atom. The zero-order valence-corrected chi connectivity index (χ0v) is 22.3. The van der Waals surface area contributed by atoms with Gasteiger partial charge in [0.15, 0.2) is 0 Å². The van der Waals surface area contributed by atoms with E-state index in [4.69, 9.17) is 4.74 Å². The van der Waals surface area contributed by atoms with Crippen LogP contribution in [0.25, 0.3) is 5.76 Å². The molecule has 1 aliphatic heterocycles. The van der Waals surface area contributed by atoms with Crippen LogP contribution in [0.4, 0.5) is 0 Å². The summed E-state index contributed by atoms with van der Waals surface area (Å²) in [4.78, 5) is 32.5. The highest BCUT2D eigenvalue weighted by Gasteiger charge is 2.46.